The van der Waals surface area contributed by atoms with Gasteiger partial charge in [0.2, 0.25) is 0 Å². The first-order valence-corrected chi connectivity index (χ1v) is 5.92. The molecule has 2 aromatic carbocycles. The lowest BCUT2D eigenvalue weighted by atomic mass is 10.1. The fraction of sp³-hybridized carbons (Fsp3) is 0.200. The number of nitrogen functional groups attached to an aromatic ring is 1. The number of para-hydroxylation sites is 3. The summed E-state index contributed by atoms with van der Waals surface area (Å²) in [5.74, 6) is 0. The number of rotatable bonds is 3. The smallest absolute Gasteiger partial charge is 0.0618 e. The zero-order valence-corrected chi connectivity index (χ0v) is 10.3. The first-order valence-electron chi connectivity index (χ1n) is 5.92. The molecule has 0 bridgehead atoms. The minimum Gasteiger partial charge on any atom is -0.397 e. The van der Waals surface area contributed by atoms with Gasteiger partial charge in [-0.1, -0.05) is 37.3 Å². The summed E-state index contributed by atoms with van der Waals surface area (Å²) in [4.78, 5) is 0. The summed E-state index contributed by atoms with van der Waals surface area (Å²) >= 11 is 0. The van der Waals surface area contributed by atoms with Gasteiger partial charge in [-0.25, -0.2) is 0 Å². The summed E-state index contributed by atoms with van der Waals surface area (Å²) in [5.41, 5.74) is 11.4. The molecule has 0 saturated carbocycles. The Kier molecular flexibility index (Phi) is 3.33. The molecule has 0 aromatic heterocycles. The Balaban J connectivity index is 2.39. The molecule has 2 rings (SSSR count). The van der Waals surface area contributed by atoms with E-state index < -0.39 is 0 Å². The van der Waals surface area contributed by atoms with E-state index in [0.717, 1.165) is 17.8 Å². The van der Waals surface area contributed by atoms with Gasteiger partial charge in [-0.2, -0.15) is 0 Å². The van der Waals surface area contributed by atoms with E-state index in [0.29, 0.717) is 0 Å². The molecule has 0 saturated heterocycles. The lowest BCUT2D eigenvalue weighted by Crippen LogP contribution is -2.00. The second-order valence-electron chi connectivity index (χ2n) is 4.17. The summed E-state index contributed by atoms with van der Waals surface area (Å²) in [6, 6.07) is 14.2. The zero-order valence-electron chi connectivity index (χ0n) is 10.3. The van der Waals surface area contributed by atoms with Crippen LogP contribution in [0.25, 0.3) is 0 Å². The van der Waals surface area contributed by atoms with E-state index in [1.807, 2.05) is 24.3 Å². The van der Waals surface area contributed by atoms with Crippen molar-refractivity contribution < 1.29 is 0 Å². The molecule has 3 N–H and O–H groups in total. The van der Waals surface area contributed by atoms with E-state index in [9.17, 15) is 0 Å². The van der Waals surface area contributed by atoms with Gasteiger partial charge >= 0.3 is 0 Å². The molecular weight excluding hydrogens is 208 g/mol. The van der Waals surface area contributed by atoms with E-state index in [1.54, 1.807) is 0 Å². The molecule has 0 fully saturated rings. The van der Waals surface area contributed by atoms with Gasteiger partial charge in [0.15, 0.2) is 0 Å². The van der Waals surface area contributed by atoms with E-state index >= 15 is 0 Å². The van der Waals surface area contributed by atoms with Crippen molar-refractivity contribution in [3.63, 3.8) is 0 Å². The van der Waals surface area contributed by atoms with Crippen molar-refractivity contribution in [1.29, 1.82) is 0 Å². The summed E-state index contributed by atoms with van der Waals surface area (Å²) < 4.78 is 0. The van der Waals surface area contributed by atoms with Crippen molar-refractivity contribution in [2.75, 3.05) is 11.1 Å². The predicted molar refractivity (Wildman–Crippen MR) is 74.7 cm³/mol. The van der Waals surface area contributed by atoms with E-state index in [4.69, 9.17) is 5.73 Å². The SMILES string of the molecule is CCc1cccc(C)c1Nc1ccccc1N. The highest BCUT2D eigenvalue weighted by molar-refractivity contribution is 5.75. The highest BCUT2D eigenvalue weighted by atomic mass is 14.9. The summed E-state index contributed by atoms with van der Waals surface area (Å²) in [7, 11) is 0. The maximum absolute atomic E-state index is 5.95. The molecule has 0 atom stereocenters. The molecule has 0 amide bonds. The minimum absolute atomic E-state index is 0.776. The molecule has 2 heteroatoms. The Labute approximate surface area is 102 Å². The Morgan fingerprint density at radius 1 is 1.06 bits per heavy atom. The van der Waals surface area contributed by atoms with Gasteiger partial charge in [0, 0.05) is 5.69 Å². The van der Waals surface area contributed by atoms with Crippen LogP contribution in [0.3, 0.4) is 0 Å². The van der Waals surface area contributed by atoms with E-state index in [1.165, 1.54) is 16.8 Å². The molecule has 0 aliphatic rings. The number of nitrogens with one attached hydrogen (secondary N) is 1. The van der Waals surface area contributed by atoms with Crippen molar-refractivity contribution >= 4 is 17.1 Å². The summed E-state index contributed by atoms with van der Waals surface area (Å²) in [5, 5.41) is 3.43. The largest absolute Gasteiger partial charge is 0.397 e. The van der Waals surface area contributed by atoms with Gasteiger partial charge in [0.05, 0.1) is 11.4 Å². The van der Waals surface area contributed by atoms with Crippen molar-refractivity contribution in [2.45, 2.75) is 20.3 Å². The molecule has 17 heavy (non-hydrogen) atoms. The number of hydrogen-bond donors (Lipinski definition) is 2. The number of benzene rings is 2. The number of nitrogens with two attached hydrogens (primary N) is 1. The summed E-state index contributed by atoms with van der Waals surface area (Å²) in [6.45, 7) is 4.27. The third-order valence-corrected chi connectivity index (χ3v) is 2.96. The molecule has 0 aliphatic carbocycles. The molecule has 0 aliphatic heterocycles. The molecule has 0 heterocycles. The van der Waals surface area contributed by atoms with Crippen LogP contribution in [0.1, 0.15) is 18.1 Å². The zero-order chi connectivity index (χ0) is 12.3. The Morgan fingerprint density at radius 3 is 2.53 bits per heavy atom. The van der Waals surface area contributed by atoms with Gasteiger partial charge in [-0.3, -0.25) is 0 Å². The van der Waals surface area contributed by atoms with E-state index in [-0.39, 0.29) is 0 Å². The Bertz CT molecular complexity index is 518. The van der Waals surface area contributed by atoms with Crippen molar-refractivity contribution in [3.8, 4) is 0 Å². The van der Waals surface area contributed by atoms with Crippen LogP contribution in [-0.2, 0) is 6.42 Å². The Morgan fingerprint density at radius 2 is 1.82 bits per heavy atom. The van der Waals surface area contributed by atoms with Gasteiger partial charge in [-0.05, 0) is 36.6 Å². The molecule has 0 unspecified atom stereocenters. The second kappa shape index (κ2) is 4.91. The van der Waals surface area contributed by atoms with Crippen molar-refractivity contribution in [2.24, 2.45) is 0 Å². The molecule has 0 radical (unpaired) electrons. The van der Waals surface area contributed by atoms with Crippen LogP contribution in [0.4, 0.5) is 17.1 Å². The monoisotopic (exact) mass is 226 g/mol. The maximum Gasteiger partial charge on any atom is 0.0618 e. The quantitative estimate of drug-likeness (QED) is 0.779. The highest BCUT2D eigenvalue weighted by Gasteiger charge is 2.05. The van der Waals surface area contributed by atoms with Crippen LogP contribution in [0.5, 0.6) is 0 Å². The first kappa shape index (κ1) is 11.5. The van der Waals surface area contributed by atoms with Gasteiger partial charge < -0.3 is 11.1 Å². The lowest BCUT2D eigenvalue weighted by molar-refractivity contribution is 1.13. The van der Waals surface area contributed by atoms with Gasteiger partial charge in [-0.15, -0.1) is 0 Å². The average Bonchev–Trinajstić information content (AvgIpc) is 2.34. The molecule has 2 aromatic rings. The topological polar surface area (TPSA) is 38.0 Å². The third-order valence-electron chi connectivity index (χ3n) is 2.96. The minimum atomic E-state index is 0.776. The van der Waals surface area contributed by atoms with Crippen molar-refractivity contribution in [1.82, 2.24) is 0 Å². The first-order chi connectivity index (χ1) is 8.22. The second-order valence-corrected chi connectivity index (χ2v) is 4.17. The predicted octanol–water partition coefficient (Wildman–Crippen LogP) is 3.88. The number of hydrogen-bond acceptors (Lipinski definition) is 2. The molecule has 88 valence electrons. The van der Waals surface area contributed by atoms with E-state index in [2.05, 4.69) is 37.4 Å². The van der Waals surface area contributed by atoms with Gasteiger partial charge in [0.1, 0.15) is 0 Å². The fourth-order valence-corrected chi connectivity index (χ4v) is 1.95. The standard InChI is InChI=1S/C15H18N2/c1-3-12-8-6-7-11(2)15(12)17-14-10-5-4-9-13(14)16/h4-10,17H,3,16H2,1-2H3. The average molecular weight is 226 g/mol. The van der Waals surface area contributed by atoms with Crippen LogP contribution in [0, 0.1) is 6.92 Å². The van der Waals surface area contributed by atoms with Gasteiger partial charge in [0.25, 0.3) is 0 Å². The number of anilines is 3. The van der Waals surface area contributed by atoms with Crippen LogP contribution < -0.4 is 11.1 Å². The van der Waals surface area contributed by atoms with Crippen LogP contribution >= 0.6 is 0 Å². The highest BCUT2D eigenvalue weighted by Crippen LogP contribution is 2.28. The normalized spacial score (nSPS) is 10.2. The van der Waals surface area contributed by atoms with Crippen LogP contribution in [0.15, 0.2) is 42.5 Å². The van der Waals surface area contributed by atoms with Crippen LogP contribution in [0.2, 0.25) is 0 Å². The molecule has 0 spiro atoms. The fourth-order valence-electron chi connectivity index (χ4n) is 1.95. The molecule has 2 nitrogen and oxygen atoms in total. The lowest BCUT2D eigenvalue weighted by Gasteiger charge is -2.15. The Hall–Kier alpha value is -1.96. The third kappa shape index (κ3) is 2.41. The summed E-state index contributed by atoms with van der Waals surface area (Å²) in [6.07, 6.45) is 1.01. The van der Waals surface area contributed by atoms with Crippen molar-refractivity contribution in [3.05, 3.63) is 53.6 Å². The molecular formula is C15H18N2. The van der Waals surface area contributed by atoms with Crippen LogP contribution in [-0.4, -0.2) is 0 Å². The maximum atomic E-state index is 5.95. The number of aryl methyl sites for hydroxylation is 2.